The lowest BCUT2D eigenvalue weighted by Crippen LogP contribution is -2.24. The van der Waals surface area contributed by atoms with Crippen molar-refractivity contribution in [2.24, 2.45) is 0 Å². The van der Waals surface area contributed by atoms with Crippen LogP contribution in [0.15, 0.2) is 42.5 Å². The minimum Gasteiger partial charge on any atom is -0.389 e. The van der Waals surface area contributed by atoms with Gasteiger partial charge < -0.3 is 15.3 Å². The molecule has 2 N–H and O–H groups in total. The van der Waals surface area contributed by atoms with Crippen LogP contribution in [0.1, 0.15) is 41.8 Å². The van der Waals surface area contributed by atoms with Crippen molar-refractivity contribution in [2.75, 3.05) is 16.8 Å². The van der Waals surface area contributed by atoms with Crippen LogP contribution < -0.4 is 10.2 Å². The lowest BCUT2D eigenvalue weighted by molar-refractivity contribution is -0.117. The quantitative estimate of drug-likeness (QED) is 0.896. The lowest BCUT2D eigenvalue weighted by Gasteiger charge is -2.17. The Bertz CT molecular complexity index is 820. The molecule has 2 aromatic carbocycles. The fourth-order valence-corrected chi connectivity index (χ4v) is 2.94. The van der Waals surface area contributed by atoms with E-state index < -0.39 is 17.8 Å². The first-order valence-corrected chi connectivity index (χ1v) is 8.15. The Morgan fingerprint density at radius 1 is 1.28 bits per heavy atom. The van der Waals surface area contributed by atoms with Gasteiger partial charge in [-0.1, -0.05) is 18.2 Å². The molecule has 6 heteroatoms. The largest absolute Gasteiger partial charge is 0.389 e. The van der Waals surface area contributed by atoms with Gasteiger partial charge in [0, 0.05) is 29.9 Å². The average Bonchev–Trinajstić information content (AvgIpc) is 3.01. The molecule has 1 aliphatic rings. The molecule has 3 rings (SSSR count). The number of hydrogen-bond donors (Lipinski definition) is 2. The van der Waals surface area contributed by atoms with Crippen LogP contribution in [-0.2, 0) is 4.79 Å². The molecule has 0 saturated carbocycles. The Balaban J connectivity index is 1.89. The van der Waals surface area contributed by atoms with Gasteiger partial charge >= 0.3 is 0 Å². The summed E-state index contributed by atoms with van der Waals surface area (Å²) in [6.07, 6.45) is 0.440. The van der Waals surface area contributed by atoms with Crippen molar-refractivity contribution in [3.8, 4) is 0 Å². The Morgan fingerprint density at radius 2 is 2.04 bits per heavy atom. The first-order valence-electron chi connectivity index (χ1n) is 8.15. The predicted octanol–water partition coefficient (Wildman–Crippen LogP) is 3.26. The number of aliphatic hydroxyl groups excluding tert-OH is 1. The molecule has 5 nitrogen and oxygen atoms in total. The number of carbonyl (C=O) groups excluding carboxylic acids is 2. The zero-order chi connectivity index (χ0) is 18.0. The number of rotatable bonds is 4. The van der Waals surface area contributed by atoms with Crippen molar-refractivity contribution in [2.45, 2.75) is 25.9 Å². The van der Waals surface area contributed by atoms with Crippen molar-refractivity contribution in [3.05, 3.63) is 59.4 Å². The molecule has 2 aromatic rings. The fourth-order valence-electron chi connectivity index (χ4n) is 2.94. The molecule has 25 heavy (non-hydrogen) atoms. The number of nitrogens with one attached hydrogen (secondary N) is 1. The highest BCUT2D eigenvalue weighted by atomic mass is 19.1. The average molecular weight is 342 g/mol. The van der Waals surface area contributed by atoms with Crippen LogP contribution in [0.25, 0.3) is 0 Å². The normalized spacial score (nSPS) is 15.3. The summed E-state index contributed by atoms with van der Waals surface area (Å²) in [4.78, 5) is 25.9. The van der Waals surface area contributed by atoms with Gasteiger partial charge in [0.2, 0.25) is 5.91 Å². The lowest BCUT2D eigenvalue weighted by atomic mass is 10.1. The second-order valence-corrected chi connectivity index (χ2v) is 6.03. The van der Waals surface area contributed by atoms with Crippen LogP contribution in [0.3, 0.4) is 0 Å². The zero-order valence-corrected chi connectivity index (χ0v) is 13.8. The highest BCUT2D eigenvalue weighted by Crippen LogP contribution is 2.26. The Labute approximate surface area is 145 Å². The zero-order valence-electron chi connectivity index (χ0n) is 13.8. The van der Waals surface area contributed by atoms with Crippen LogP contribution in [-0.4, -0.2) is 23.5 Å². The molecule has 0 unspecified atom stereocenters. The molecule has 1 atom stereocenters. The minimum atomic E-state index is -0.769. The van der Waals surface area contributed by atoms with Crippen molar-refractivity contribution in [3.63, 3.8) is 0 Å². The van der Waals surface area contributed by atoms with Crippen molar-refractivity contribution >= 4 is 23.2 Å². The Kier molecular flexibility index (Phi) is 4.81. The molecule has 0 bridgehead atoms. The van der Waals surface area contributed by atoms with E-state index in [1.165, 1.54) is 18.2 Å². The minimum absolute atomic E-state index is 0.0302. The first-order chi connectivity index (χ1) is 12.0. The first kappa shape index (κ1) is 17.1. The summed E-state index contributed by atoms with van der Waals surface area (Å²) in [7, 11) is 0. The van der Waals surface area contributed by atoms with Gasteiger partial charge in [0.15, 0.2) is 0 Å². The summed E-state index contributed by atoms with van der Waals surface area (Å²) in [5, 5.41) is 12.4. The molecule has 1 saturated heterocycles. The van der Waals surface area contributed by atoms with Gasteiger partial charge in [0.25, 0.3) is 5.91 Å². The fraction of sp³-hybridized carbons (Fsp3) is 0.263. The maximum atomic E-state index is 14.2. The maximum Gasteiger partial charge on any atom is 0.258 e. The van der Waals surface area contributed by atoms with E-state index in [9.17, 15) is 19.1 Å². The molecule has 0 aliphatic carbocycles. The Hall–Kier alpha value is -2.73. The van der Waals surface area contributed by atoms with Gasteiger partial charge in [-0.3, -0.25) is 9.59 Å². The van der Waals surface area contributed by atoms with E-state index in [2.05, 4.69) is 5.32 Å². The predicted molar refractivity (Wildman–Crippen MR) is 93.0 cm³/mol. The number of hydrogen-bond acceptors (Lipinski definition) is 3. The summed E-state index contributed by atoms with van der Waals surface area (Å²) in [6.45, 7) is 2.15. The highest BCUT2D eigenvalue weighted by Gasteiger charge is 2.24. The smallest absolute Gasteiger partial charge is 0.258 e. The van der Waals surface area contributed by atoms with Crippen LogP contribution in [0.2, 0.25) is 0 Å². The van der Waals surface area contributed by atoms with Crippen molar-refractivity contribution in [1.29, 1.82) is 0 Å². The number of carbonyl (C=O) groups is 2. The number of benzene rings is 2. The Morgan fingerprint density at radius 3 is 2.72 bits per heavy atom. The third kappa shape index (κ3) is 3.53. The second kappa shape index (κ2) is 7.03. The highest BCUT2D eigenvalue weighted by molar-refractivity contribution is 6.06. The molecule has 1 aliphatic heterocycles. The summed E-state index contributed by atoms with van der Waals surface area (Å²) in [5.41, 5.74) is 1.34. The van der Waals surface area contributed by atoms with Gasteiger partial charge in [0.1, 0.15) is 5.82 Å². The summed E-state index contributed by atoms with van der Waals surface area (Å²) < 4.78 is 14.2. The van der Waals surface area contributed by atoms with Crippen LogP contribution in [0, 0.1) is 5.82 Å². The summed E-state index contributed by atoms with van der Waals surface area (Å²) in [5.74, 6) is -1.32. The summed E-state index contributed by atoms with van der Waals surface area (Å²) in [6, 6.07) is 10.9. The van der Waals surface area contributed by atoms with Crippen molar-refractivity contribution in [1.82, 2.24) is 0 Å². The van der Waals surface area contributed by atoms with E-state index in [1.54, 1.807) is 36.1 Å². The van der Waals surface area contributed by atoms with E-state index in [0.717, 1.165) is 6.42 Å². The number of halogens is 1. The molecule has 130 valence electrons. The number of nitrogens with zero attached hydrogens (tertiary/aromatic N) is 1. The molecular weight excluding hydrogens is 323 g/mol. The molecular formula is C19H19FN2O3. The van der Waals surface area contributed by atoms with Crippen LogP contribution in [0.5, 0.6) is 0 Å². The number of amides is 2. The SMILES string of the molecule is C[C@@H](O)c1ccccc1NC(=O)c1cc(N2CCCC2=O)ccc1F. The molecule has 0 spiro atoms. The van der Waals surface area contributed by atoms with E-state index in [4.69, 9.17) is 0 Å². The summed E-state index contributed by atoms with van der Waals surface area (Å²) >= 11 is 0. The van der Waals surface area contributed by atoms with Gasteiger partial charge in [-0.25, -0.2) is 4.39 Å². The molecule has 2 amide bonds. The topological polar surface area (TPSA) is 69.6 Å². The second-order valence-electron chi connectivity index (χ2n) is 6.03. The third-order valence-electron chi connectivity index (χ3n) is 4.24. The standard InChI is InChI=1S/C19H19FN2O3/c1-12(23)14-5-2-3-6-17(14)21-19(25)15-11-13(8-9-16(15)20)22-10-4-7-18(22)24/h2-3,5-6,8-9,11-12,23H,4,7,10H2,1H3,(H,21,25)/t12-/m1/s1. The van der Waals surface area contributed by atoms with Crippen LogP contribution >= 0.6 is 0 Å². The van der Waals surface area contributed by atoms with Gasteiger partial charge in [-0.15, -0.1) is 0 Å². The van der Waals surface area contributed by atoms with Gasteiger partial charge in [0.05, 0.1) is 11.7 Å². The van der Waals surface area contributed by atoms with E-state index in [1.807, 2.05) is 0 Å². The molecule has 1 heterocycles. The van der Waals surface area contributed by atoms with Gasteiger partial charge in [-0.05, 0) is 37.6 Å². The van der Waals surface area contributed by atoms with Crippen LogP contribution in [0.4, 0.5) is 15.8 Å². The van der Waals surface area contributed by atoms with E-state index >= 15 is 0 Å². The molecule has 0 radical (unpaired) electrons. The number of para-hydroxylation sites is 1. The van der Waals surface area contributed by atoms with E-state index in [0.29, 0.717) is 29.9 Å². The maximum absolute atomic E-state index is 14.2. The molecule has 1 fully saturated rings. The molecule has 0 aromatic heterocycles. The monoisotopic (exact) mass is 342 g/mol. The third-order valence-corrected chi connectivity index (χ3v) is 4.24. The van der Waals surface area contributed by atoms with Gasteiger partial charge in [-0.2, -0.15) is 0 Å². The number of anilines is 2. The van der Waals surface area contributed by atoms with Crippen molar-refractivity contribution < 1.29 is 19.1 Å². The van der Waals surface area contributed by atoms with E-state index in [-0.39, 0.29) is 11.5 Å². The number of aliphatic hydroxyl groups is 1.